The lowest BCUT2D eigenvalue weighted by atomic mass is 10.2. The third-order valence-electron chi connectivity index (χ3n) is 3.20. The van der Waals surface area contributed by atoms with Gasteiger partial charge in [-0.3, -0.25) is 5.20 Å². The molecule has 104 valence electrons. The Morgan fingerprint density at radius 1 is 0.952 bits per heavy atom. The lowest BCUT2D eigenvalue weighted by molar-refractivity contribution is 0.862. The summed E-state index contributed by atoms with van der Waals surface area (Å²) < 4.78 is 1.92. The standard InChI is InChI=1S/C14H11N4PS2/c20-19(12-9-5-2-6-10-12)17-18-13(15-16-14(18)21-19)11-7-3-1-4-8-11/h1-10H,(H,17,20). The zero-order chi connectivity index (χ0) is 14.3. The van der Waals surface area contributed by atoms with Gasteiger partial charge in [0.05, 0.1) is 0 Å². The molecule has 0 saturated heterocycles. The Bertz CT molecular complexity index is 833. The van der Waals surface area contributed by atoms with Gasteiger partial charge >= 0.3 is 0 Å². The number of hydrogen-bond acceptors (Lipinski definition) is 4. The van der Waals surface area contributed by atoms with E-state index in [0.29, 0.717) is 0 Å². The first kappa shape index (κ1) is 13.1. The van der Waals surface area contributed by atoms with E-state index in [0.717, 1.165) is 21.8 Å². The van der Waals surface area contributed by atoms with Crippen molar-refractivity contribution in [2.24, 2.45) is 0 Å². The van der Waals surface area contributed by atoms with Crippen molar-refractivity contribution < 1.29 is 0 Å². The van der Waals surface area contributed by atoms with E-state index in [-0.39, 0.29) is 0 Å². The van der Waals surface area contributed by atoms with Gasteiger partial charge in [0.15, 0.2) is 5.82 Å². The molecule has 1 aliphatic rings. The molecule has 0 bridgehead atoms. The minimum atomic E-state index is -1.94. The maximum Gasteiger partial charge on any atom is 0.217 e. The van der Waals surface area contributed by atoms with Crippen LogP contribution in [0.4, 0.5) is 0 Å². The molecular formula is C14H11N4PS2. The van der Waals surface area contributed by atoms with Crippen molar-refractivity contribution in [2.75, 3.05) is 5.20 Å². The fraction of sp³-hybridized carbons (Fsp3) is 0. The maximum atomic E-state index is 5.88. The zero-order valence-corrected chi connectivity index (χ0v) is 13.4. The average Bonchev–Trinajstić information content (AvgIpc) is 3.06. The van der Waals surface area contributed by atoms with Gasteiger partial charge in [-0.05, 0) is 11.4 Å². The van der Waals surface area contributed by atoms with Crippen molar-refractivity contribution in [3.05, 3.63) is 60.7 Å². The first-order chi connectivity index (χ1) is 10.3. The van der Waals surface area contributed by atoms with E-state index >= 15 is 0 Å². The van der Waals surface area contributed by atoms with Gasteiger partial charge in [-0.1, -0.05) is 72.5 Å². The predicted octanol–water partition coefficient (Wildman–Crippen LogP) is 3.23. The molecule has 7 heteroatoms. The van der Waals surface area contributed by atoms with Gasteiger partial charge in [0.25, 0.3) is 0 Å². The monoisotopic (exact) mass is 330 g/mol. The molecule has 1 aromatic heterocycles. The molecule has 2 heterocycles. The van der Waals surface area contributed by atoms with Crippen LogP contribution in [0.3, 0.4) is 0 Å². The van der Waals surface area contributed by atoms with Crippen LogP contribution in [0.1, 0.15) is 0 Å². The molecule has 2 aromatic carbocycles. The van der Waals surface area contributed by atoms with E-state index < -0.39 is 5.39 Å². The number of hydrogen-bond donors (Lipinski definition) is 1. The quantitative estimate of drug-likeness (QED) is 0.731. The Hall–Kier alpha value is -1.62. The lowest BCUT2D eigenvalue weighted by Gasteiger charge is -2.16. The zero-order valence-electron chi connectivity index (χ0n) is 10.9. The van der Waals surface area contributed by atoms with Gasteiger partial charge < -0.3 is 0 Å². The molecule has 1 unspecified atom stereocenters. The molecule has 1 aliphatic heterocycles. The van der Waals surface area contributed by atoms with Crippen LogP contribution in [0.2, 0.25) is 0 Å². The first-order valence-corrected chi connectivity index (χ1v) is 10.6. The molecule has 1 N–H and O–H groups in total. The Balaban J connectivity index is 1.76. The average molecular weight is 330 g/mol. The molecule has 0 spiro atoms. The molecule has 4 rings (SSSR count). The Morgan fingerprint density at radius 3 is 2.33 bits per heavy atom. The largest absolute Gasteiger partial charge is 0.280 e. The summed E-state index contributed by atoms with van der Waals surface area (Å²) >= 11 is 7.49. The second-order valence-corrected chi connectivity index (χ2v) is 11.5. The summed E-state index contributed by atoms with van der Waals surface area (Å²) in [4.78, 5) is 0. The van der Waals surface area contributed by atoms with Crippen molar-refractivity contribution in [1.29, 1.82) is 0 Å². The molecule has 3 aromatic rings. The van der Waals surface area contributed by atoms with Crippen LogP contribution in [0.25, 0.3) is 11.4 Å². The smallest absolute Gasteiger partial charge is 0.217 e. The molecule has 0 aliphatic carbocycles. The van der Waals surface area contributed by atoms with Gasteiger partial charge in [-0.2, -0.15) is 0 Å². The minimum Gasteiger partial charge on any atom is -0.280 e. The summed E-state index contributed by atoms with van der Waals surface area (Å²) in [5.41, 5.74) is 1.03. The van der Waals surface area contributed by atoms with E-state index in [2.05, 4.69) is 27.5 Å². The van der Waals surface area contributed by atoms with Gasteiger partial charge in [0.1, 0.15) is 5.39 Å². The number of benzene rings is 2. The van der Waals surface area contributed by atoms with Crippen molar-refractivity contribution in [3.8, 4) is 11.4 Å². The van der Waals surface area contributed by atoms with Crippen molar-refractivity contribution >= 4 is 33.9 Å². The summed E-state index contributed by atoms with van der Waals surface area (Å²) in [5, 5.41) is 12.0. The summed E-state index contributed by atoms with van der Waals surface area (Å²) in [6.07, 6.45) is 0. The molecule has 0 saturated carbocycles. The maximum absolute atomic E-state index is 5.88. The Kier molecular flexibility index (Phi) is 3.10. The molecule has 0 radical (unpaired) electrons. The van der Waals surface area contributed by atoms with Gasteiger partial charge in [0, 0.05) is 10.9 Å². The SMILES string of the molecule is S=P1(c2ccccc2)Nn2c(nnc2-c2ccccc2)S1. The highest BCUT2D eigenvalue weighted by Crippen LogP contribution is 2.62. The van der Waals surface area contributed by atoms with Crippen LogP contribution in [0, 0.1) is 0 Å². The number of nitrogens with one attached hydrogen (secondary N) is 1. The molecule has 0 amide bonds. The van der Waals surface area contributed by atoms with Gasteiger partial charge in [-0.25, -0.2) is 4.68 Å². The van der Waals surface area contributed by atoms with Gasteiger partial charge in [-0.15, -0.1) is 10.2 Å². The summed E-state index contributed by atoms with van der Waals surface area (Å²) in [6.45, 7) is 0. The predicted molar refractivity (Wildman–Crippen MR) is 91.0 cm³/mol. The van der Waals surface area contributed by atoms with E-state index in [4.69, 9.17) is 11.8 Å². The second-order valence-electron chi connectivity index (χ2n) is 4.59. The number of rotatable bonds is 2. The van der Waals surface area contributed by atoms with Crippen LogP contribution in [-0.4, -0.2) is 14.9 Å². The minimum absolute atomic E-state index is 0.806. The molecule has 4 nitrogen and oxygen atoms in total. The van der Waals surface area contributed by atoms with Crippen LogP contribution in [-0.2, 0) is 11.8 Å². The molecule has 21 heavy (non-hydrogen) atoms. The first-order valence-electron chi connectivity index (χ1n) is 6.41. The normalized spacial score (nSPS) is 20.0. The van der Waals surface area contributed by atoms with E-state index in [1.165, 1.54) is 0 Å². The lowest BCUT2D eigenvalue weighted by Crippen LogP contribution is -2.13. The summed E-state index contributed by atoms with van der Waals surface area (Å²) in [5.74, 6) is 0.806. The van der Waals surface area contributed by atoms with Crippen LogP contribution >= 0.6 is 16.8 Å². The second kappa shape index (κ2) is 4.98. The number of nitrogens with zero attached hydrogens (tertiary/aromatic N) is 3. The third kappa shape index (κ3) is 2.20. The topological polar surface area (TPSA) is 42.7 Å². The molecule has 0 fully saturated rings. The third-order valence-corrected chi connectivity index (χ3v) is 9.02. The Morgan fingerprint density at radius 2 is 1.62 bits per heavy atom. The molecule has 1 atom stereocenters. The highest BCUT2D eigenvalue weighted by atomic mass is 32.9. The molecular weight excluding hydrogens is 319 g/mol. The van der Waals surface area contributed by atoms with Gasteiger partial charge in [0.2, 0.25) is 5.16 Å². The van der Waals surface area contributed by atoms with Crippen molar-refractivity contribution in [1.82, 2.24) is 14.9 Å². The van der Waals surface area contributed by atoms with Crippen molar-refractivity contribution in [2.45, 2.75) is 5.16 Å². The van der Waals surface area contributed by atoms with E-state index in [9.17, 15) is 0 Å². The fourth-order valence-corrected chi connectivity index (χ4v) is 7.37. The van der Waals surface area contributed by atoms with E-state index in [1.54, 1.807) is 11.4 Å². The van der Waals surface area contributed by atoms with Crippen LogP contribution < -0.4 is 10.5 Å². The van der Waals surface area contributed by atoms with E-state index in [1.807, 2.05) is 53.2 Å². The Labute approximate surface area is 131 Å². The number of aromatic nitrogens is 3. The van der Waals surface area contributed by atoms with Crippen molar-refractivity contribution in [3.63, 3.8) is 0 Å². The van der Waals surface area contributed by atoms with Crippen LogP contribution in [0.15, 0.2) is 65.8 Å². The van der Waals surface area contributed by atoms with Crippen LogP contribution in [0.5, 0.6) is 0 Å². The highest BCUT2D eigenvalue weighted by molar-refractivity contribution is 8.73. The summed E-state index contributed by atoms with van der Waals surface area (Å²) in [6, 6.07) is 20.2. The fourth-order valence-electron chi connectivity index (χ4n) is 2.20. The highest BCUT2D eigenvalue weighted by Gasteiger charge is 2.33. The number of fused-ring (bicyclic) bond motifs is 1. The summed E-state index contributed by atoms with van der Waals surface area (Å²) in [7, 11) is 0.